The van der Waals surface area contributed by atoms with E-state index in [9.17, 15) is 9.22 Å². The van der Waals surface area contributed by atoms with E-state index in [4.69, 9.17) is 34.6 Å². The van der Waals surface area contributed by atoms with E-state index in [1.165, 1.54) is 22.8 Å². The van der Waals surface area contributed by atoms with Crippen LogP contribution < -0.4 is 0 Å². The molecule has 9 aromatic rings. The van der Waals surface area contributed by atoms with Crippen LogP contribution in [0.5, 0.6) is 5.75 Å². The van der Waals surface area contributed by atoms with E-state index < -0.39 is 97.9 Å². The Hall–Kier alpha value is -7.04. The van der Waals surface area contributed by atoms with Gasteiger partial charge in [-0.25, -0.2) is 4.98 Å². The monoisotopic (exact) mass is 941 g/mol. The van der Waals surface area contributed by atoms with Crippen molar-refractivity contribution in [3.05, 3.63) is 191 Å². The van der Waals surface area contributed by atoms with Crippen molar-refractivity contribution in [1.82, 2.24) is 14.5 Å². The Morgan fingerprint density at radius 2 is 1.19 bits per heavy atom. The Balaban J connectivity index is 1.51. The van der Waals surface area contributed by atoms with Crippen LogP contribution in [0.15, 0.2) is 158 Å². The van der Waals surface area contributed by atoms with Gasteiger partial charge in [-0.2, -0.15) is 0 Å². The Morgan fingerprint density at radius 3 is 1.89 bits per heavy atom. The van der Waals surface area contributed by atoms with E-state index in [0.29, 0.717) is 39.6 Å². The fraction of sp³-hybridized carbons (Fsp3) is 0.273. The highest BCUT2D eigenvalue weighted by Crippen LogP contribution is 2.47. The lowest BCUT2D eigenvalue weighted by Crippen LogP contribution is -2.17. The molecule has 4 nitrogen and oxygen atoms in total. The second-order valence-corrected chi connectivity index (χ2v) is 20.3. The number of pyridine rings is 1. The molecule has 0 amide bonds. The Bertz CT molecular complexity index is 4150. The molecule has 0 saturated heterocycles. The molecule has 2 aromatic heterocycles. The van der Waals surface area contributed by atoms with E-state index in [-0.39, 0.29) is 28.4 Å². The molecule has 7 aromatic carbocycles. The molecule has 9 rings (SSSR count). The minimum absolute atomic E-state index is 0.00897. The van der Waals surface area contributed by atoms with Crippen LogP contribution >= 0.6 is 0 Å². The summed E-state index contributed by atoms with van der Waals surface area (Å²) >= 11 is 0. The molecule has 2 heterocycles. The highest BCUT2D eigenvalue weighted by Gasteiger charge is 2.30. The van der Waals surface area contributed by atoms with Crippen molar-refractivity contribution in [1.29, 1.82) is 0 Å². The lowest BCUT2D eigenvalue weighted by Gasteiger charge is -2.28. The van der Waals surface area contributed by atoms with Gasteiger partial charge in [0.15, 0.2) is 0 Å². The average molecular weight is 941 g/mol. The molecule has 0 saturated carbocycles. The first-order chi connectivity index (χ1) is 41.7. The number of aromatic hydroxyl groups is 1. The number of aryl methyl sites for hydroxylation is 2. The van der Waals surface area contributed by atoms with Crippen molar-refractivity contribution >= 4 is 11.0 Å². The fourth-order valence-corrected chi connectivity index (χ4v) is 9.18. The van der Waals surface area contributed by atoms with Gasteiger partial charge in [0.05, 0.1) is 28.0 Å². The molecule has 354 valence electrons. The Morgan fingerprint density at radius 1 is 0.500 bits per heavy atom. The summed E-state index contributed by atoms with van der Waals surface area (Å²) in [5, 5.41) is 13.2. The van der Waals surface area contributed by atoms with Crippen LogP contribution in [-0.2, 0) is 21.7 Å². The van der Waals surface area contributed by atoms with Crippen LogP contribution in [0.3, 0.4) is 0 Å². The lowest BCUT2D eigenvalue weighted by atomic mass is 9.78. The molecule has 0 aliphatic carbocycles. The van der Waals surface area contributed by atoms with E-state index in [1.54, 1.807) is 24.4 Å². The normalized spacial score (nSPS) is 18.2. The van der Waals surface area contributed by atoms with Crippen LogP contribution in [0, 0.1) is 13.8 Å². The SMILES string of the molecule is [2H]C([2H])([2H])c1cc(-c2c(-c3ccccc3)cccc2C(C)(C)C)ccc1-n1c(-c2cc(C(C([2H])([2H])[2H])(C([2H])([2H])[2H])C([2H])([2H])[2H])cc(C(C([2H])([2H])[2H])(C([2H])([2H])[2H])C([2H])([2H])[2H])c2O)nc2c(-c3cc(-c4cc(-c5ccc(C)cc5)ccn4)cc(C(C)(C)C)c3)cccc21. The molecule has 70 heavy (non-hydrogen) atoms. The van der Waals surface area contributed by atoms with Gasteiger partial charge >= 0.3 is 0 Å². The number of phenolic OH excluding ortho intramolecular Hbond substituents is 1. The number of para-hydroxylation sites is 1. The number of fused-ring (bicyclic) bond motifs is 1. The molecule has 0 atom stereocenters. The third-order valence-electron chi connectivity index (χ3n) is 12.9. The molecule has 0 aliphatic heterocycles. The van der Waals surface area contributed by atoms with Crippen LogP contribution in [0.2, 0.25) is 0 Å². The maximum atomic E-state index is 13.2. The molecule has 1 N–H and O–H groups in total. The molecule has 4 heteroatoms. The largest absolute Gasteiger partial charge is 0.507 e. The topological polar surface area (TPSA) is 50.9 Å². The van der Waals surface area contributed by atoms with Gasteiger partial charge < -0.3 is 5.11 Å². The second kappa shape index (κ2) is 17.7. The van der Waals surface area contributed by atoms with Crippen molar-refractivity contribution in [2.24, 2.45) is 0 Å². The van der Waals surface area contributed by atoms with Crippen LogP contribution in [0.25, 0.3) is 83.9 Å². The first kappa shape index (κ1) is 28.6. The standard InChI is InChI=1S/C66H69N3O/c1-41-26-28-43(29-27-41)45-32-33-67-56(38-45)48-35-47(36-49(37-48)63(3,4)5)52-23-19-25-58-60(52)68-62(53-39-50(64(6,7)8)40-55(61(53)70)66(12,13)14)69(58)57-31-30-46(34-42(57)2)59-51(44-20-16-15-17-21-44)22-18-24-54(59)65(9,10)11/h15-40,70H,1-14H3/i2D3,6D3,7D3,8D3,12D3,13D3,14D3. The van der Waals surface area contributed by atoms with Crippen molar-refractivity contribution < 1.29 is 33.9 Å². The predicted octanol–water partition coefficient (Wildman–Crippen LogP) is 17.9. The zero-order chi connectivity index (χ0) is 67.6. The van der Waals surface area contributed by atoms with Crippen molar-refractivity contribution in [3.63, 3.8) is 0 Å². The number of rotatable bonds is 7. The summed E-state index contributed by atoms with van der Waals surface area (Å²) in [6.45, 7) is -14.1. The molecular formula is C66H69N3O. The molecule has 0 fully saturated rings. The van der Waals surface area contributed by atoms with Crippen LogP contribution in [0.1, 0.15) is 145 Å². The van der Waals surface area contributed by atoms with Gasteiger partial charge in [-0.1, -0.05) is 191 Å². The van der Waals surface area contributed by atoms with Gasteiger partial charge in [0.2, 0.25) is 0 Å². The summed E-state index contributed by atoms with van der Waals surface area (Å²) in [4.78, 5) is 9.94. The maximum Gasteiger partial charge on any atom is 0.149 e. The summed E-state index contributed by atoms with van der Waals surface area (Å²) < 4.78 is 188. The summed E-state index contributed by atoms with van der Waals surface area (Å²) in [5.74, 6) is -2.14. The smallest absolute Gasteiger partial charge is 0.149 e. The minimum atomic E-state index is -4.25. The van der Waals surface area contributed by atoms with Gasteiger partial charge in [0, 0.05) is 51.7 Å². The number of hydrogen-bond donors (Lipinski definition) is 1. The molecule has 0 aliphatic rings. The number of aromatic nitrogens is 3. The van der Waals surface area contributed by atoms with Crippen molar-refractivity contribution in [2.75, 3.05) is 0 Å². The molecule has 0 bridgehead atoms. The number of benzene rings is 7. The highest BCUT2D eigenvalue weighted by molar-refractivity contribution is 5.97. The quantitative estimate of drug-likeness (QED) is 0.173. The Labute approximate surface area is 446 Å². The van der Waals surface area contributed by atoms with E-state index in [0.717, 1.165) is 38.9 Å². The molecule has 0 radical (unpaired) electrons. The number of hydrogen-bond acceptors (Lipinski definition) is 3. The maximum absolute atomic E-state index is 13.2. The number of nitrogens with zero attached hydrogens (tertiary/aromatic N) is 3. The second-order valence-electron chi connectivity index (χ2n) is 20.3. The van der Waals surface area contributed by atoms with E-state index in [2.05, 4.69) is 0 Å². The third kappa shape index (κ3) is 9.25. The number of phenols is 1. The van der Waals surface area contributed by atoms with Gasteiger partial charge in [-0.3, -0.25) is 9.55 Å². The van der Waals surface area contributed by atoms with Crippen molar-refractivity contribution in [2.45, 2.75) is 118 Å². The summed E-state index contributed by atoms with van der Waals surface area (Å²) in [7, 11) is 0. The highest BCUT2D eigenvalue weighted by atomic mass is 16.3. The van der Waals surface area contributed by atoms with E-state index in [1.807, 2.05) is 152 Å². The fourth-order valence-electron chi connectivity index (χ4n) is 9.18. The Kier molecular flexibility index (Phi) is 7.24. The summed E-state index contributed by atoms with van der Waals surface area (Å²) in [5.41, 5.74) is -4.57. The van der Waals surface area contributed by atoms with Gasteiger partial charge in [-0.05, 0) is 145 Å². The zero-order valence-corrected chi connectivity index (χ0v) is 40.3. The first-order valence-corrected chi connectivity index (χ1v) is 23.1. The molecule has 0 spiro atoms. The lowest BCUT2D eigenvalue weighted by molar-refractivity contribution is 0.446. The third-order valence-corrected chi connectivity index (χ3v) is 12.9. The van der Waals surface area contributed by atoms with Gasteiger partial charge in [0.25, 0.3) is 0 Å². The number of imidazole rings is 1. The average Bonchev–Trinajstić information content (AvgIpc) is 1.45. The van der Waals surface area contributed by atoms with Crippen LogP contribution in [0.4, 0.5) is 0 Å². The summed E-state index contributed by atoms with van der Waals surface area (Å²) in [6, 6.07) is 43.0. The molecule has 0 unspecified atom stereocenters. The van der Waals surface area contributed by atoms with Crippen LogP contribution in [-0.4, -0.2) is 19.6 Å². The van der Waals surface area contributed by atoms with E-state index >= 15 is 0 Å². The zero-order valence-electron chi connectivity index (χ0n) is 61.3. The van der Waals surface area contributed by atoms with Gasteiger partial charge in [0.1, 0.15) is 11.6 Å². The first-order valence-electron chi connectivity index (χ1n) is 33.6. The molecular weight excluding hydrogens is 851 g/mol. The van der Waals surface area contributed by atoms with Crippen molar-refractivity contribution in [3.8, 4) is 78.6 Å². The summed E-state index contributed by atoms with van der Waals surface area (Å²) in [6.07, 6.45) is 1.69. The van der Waals surface area contributed by atoms with Gasteiger partial charge in [-0.15, -0.1) is 0 Å². The predicted molar refractivity (Wildman–Crippen MR) is 297 cm³/mol. The minimum Gasteiger partial charge on any atom is -0.507 e.